The SMILES string of the molecule is C[C@@]1(C(=O)N[C@@H](Cc2ccc(OC(=O)N3CCCC3)cc2)C(=O)O)CCCN1S(=O)(=O)c1cc(Cl)cc(Cl)c1. The van der Waals surface area contributed by atoms with E-state index in [1.807, 2.05) is 0 Å². The molecule has 2 aromatic rings. The topological polar surface area (TPSA) is 133 Å². The predicted octanol–water partition coefficient (Wildman–Crippen LogP) is 3.94. The molecule has 2 aliphatic rings. The minimum Gasteiger partial charge on any atom is -0.480 e. The largest absolute Gasteiger partial charge is 0.480 e. The van der Waals surface area contributed by atoms with E-state index >= 15 is 0 Å². The molecule has 0 aromatic heterocycles. The minimum atomic E-state index is -4.16. The summed E-state index contributed by atoms with van der Waals surface area (Å²) >= 11 is 12.0. The van der Waals surface area contributed by atoms with Crippen LogP contribution in [-0.2, 0) is 26.0 Å². The second kappa shape index (κ2) is 11.7. The quantitative estimate of drug-likeness (QED) is 0.470. The fraction of sp³-hybridized carbons (Fsp3) is 0.423. The van der Waals surface area contributed by atoms with Crippen molar-refractivity contribution >= 4 is 51.2 Å². The van der Waals surface area contributed by atoms with Crippen molar-refractivity contribution in [3.8, 4) is 5.75 Å². The van der Waals surface area contributed by atoms with E-state index in [0.29, 0.717) is 30.8 Å². The van der Waals surface area contributed by atoms with Crippen molar-refractivity contribution in [1.82, 2.24) is 14.5 Å². The van der Waals surface area contributed by atoms with Crippen LogP contribution in [0.25, 0.3) is 0 Å². The van der Waals surface area contributed by atoms with Crippen LogP contribution in [0.5, 0.6) is 5.75 Å². The molecule has 0 aliphatic carbocycles. The van der Waals surface area contributed by atoms with E-state index in [4.69, 9.17) is 27.9 Å². The Kier molecular flexibility index (Phi) is 8.75. The van der Waals surface area contributed by atoms with Crippen LogP contribution in [0.4, 0.5) is 4.79 Å². The van der Waals surface area contributed by atoms with Crippen LogP contribution >= 0.6 is 23.2 Å². The first-order valence-electron chi connectivity index (χ1n) is 12.5. The first kappa shape index (κ1) is 29.1. The molecule has 0 unspecified atom stereocenters. The molecule has 0 radical (unpaired) electrons. The fourth-order valence-electron chi connectivity index (χ4n) is 4.86. The van der Waals surface area contributed by atoms with Crippen molar-refractivity contribution < 1.29 is 32.6 Å². The Hall–Kier alpha value is -2.86. The Balaban J connectivity index is 1.46. The van der Waals surface area contributed by atoms with Gasteiger partial charge in [-0.2, -0.15) is 4.31 Å². The third kappa shape index (κ3) is 6.49. The molecule has 10 nitrogen and oxygen atoms in total. The van der Waals surface area contributed by atoms with Crippen LogP contribution in [0, 0.1) is 0 Å². The van der Waals surface area contributed by atoms with Gasteiger partial charge in [-0.15, -0.1) is 0 Å². The number of carbonyl (C=O) groups is 3. The lowest BCUT2D eigenvalue weighted by Crippen LogP contribution is -2.58. The van der Waals surface area contributed by atoms with Gasteiger partial charge in [0.1, 0.15) is 17.3 Å². The summed E-state index contributed by atoms with van der Waals surface area (Å²) in [5.41, 5.74) is -0.937. The molecule has 4 rings (SSSR count). The van der Waals surface area contributed by atoms with Crippen molar-refractivity contribution in [3.05, 3.63) is 58.1 Å². The standard InChI is InChI=1S/C26H29Cl2N3O7S/c1-26(9-4-12-31(26)39(36,37)21-15-18(27)14-19(28)16-21)24(34)29-22(23(32)33)13-17-5-7-20(8-6-17)38-25(35)30-10-2-3-11-30/h5-8,14-16,22H,2-4,9-13H2,1H3,(H,29,34)(H,32,33)/t22-,26-/m0/s1. The number of amides is 2. The maximum atomic E-state index is 13.4. The lowest BCUT2D eigenvalue weighted by molar-refractivity contribution is -0.143. The smallest absolute Gasteiger partial charge is 0.415 e. The average Bonchev–Trinajstić information content (AvgIpc) is 3.55. The number of benzene rings is 2. The highest BCUT2D eigenvalue weighted by Crippen LogP contribution is 2.36. The van der Waals surface area contributed by atoms with Gasteiger partial charge in [0.2, 0.25) is 15.9 Å². The van der Waals surface area contributed by atoms with Gasteiger partial charge in [-0.05, 0) is 68.5 Å². The number of carbonyl (C=O) groups excluding carboxylic acids is 2. The number of likely N-dealkylation sites (tertiary alicyclic amines) is 1. The first-order chi connectivity index (χ1) is 18.4. The minimum absolute atomic E-state index is 0.0614. The fourth-order valence-corrected chi connectivity index (χ4v) is 7.40. The number of hydrogen-bond acceptors (Lipinski definition) is 6. The summed E-state index contributed by atoms with van der Waals surface area (Å²) in [7, 11) is -4.16. The molecule has 0 saturated carbocycles. The molecule has 2 heterocycles. The first-order valence-corrected chi connectivity index (χ1v) is 14.7. The van der Waals surface area contributed by atoms with Gasteiger partial charge in [-0.3, -0.25) is 4.79 Å². The predicted molar refractivity (Wildman–Crippen MR) is 145 cm³/mol. The molecule has 2 aromatic carbocycles. The Morgan fingerprint density at radius 2 is 1.64 bits per heavy atom. The number of hydrogen-bond donors (Lipinski definition) is 2. The van der Waals surface area contributed by atoms with E-state index in [2.05, 4.69) is 5.32 Å². The van der Waals surface area contributed by atoms with Crippen LogP contribution in [0.15, 0.2) is 47.4 Å². The Bertz CT molecular complexity index is 1340. The third-order valence-corrected chi connectivity index (χ3v) is 9.46. The van der Waals surface area contributed by atoms with Crippen molar-refractivity contribution in [2.75, 3.05) is 19.6 Å². The summed E-state index contributed by atoms with van der Waals surface area (Å²) in [5.74, 6) is -1.67. The lowest BCUT2D eigenvalue weighted by Gasteiger charge is -2.34. The molecule has 2 amide bonds. The summed E-state index contributed by atoms with van der Waals surface area (Å²) in [6.07, 6.45) is 2.00. The van der Waals surface area contributed by atoms with Gasteiger partial charge < -0.3 is 20.1 Å². The number of ether oxygens (including phenoxy) is 1. The van der Waals surface area contributed by atoms with E-state index in [9.17, 15) is 27.9 Å². The highest BCUT2D eigenvalue weighted by molar-refractivity contribution is 7.89. The zero-order valence-corrected chi connectivity index (χ0v) is 23.6. The molecule has 2 aliphatic heterocycles. The molecule has 210 valence electrons. The number of carboxylic acids is 1. The van der Waals surface area contributed by atoms with Crippen LogP contribution in [0.3, 0.4) is 0 Å². The zero-order chi connectivity index (χ0) is 28.4. The van der Waals surface area contributed by atoms with Crippen LogP contribution < -0.4 is 10.1 Å². The average molecular weight is 599 g/mol. The Morgan fingerprint density at radius 3 is 2.23 bits per heavy atom. The van der Waals surface area contributed by atoms with Crippen LogP contribution in [0.2, 0.25) is 10.0 Å². The van der Waals surface area contributed by atoms with E-state index in [0.717, 1.165) is 17.1 Å². The molecule has 0 bridgehead atoms. The van der Waals surface area contributed by atoms with Gasteiger partial charge in [0.15, 0.2) is 0 Å². The summed E-state index contributed by atoms with van der Waals surface area (Å²) in [6, 6.07) is 8.95. The number of halogens is 2. The number of aliphatic carboxylic acids is 1. The Morgan fingerprint density at radius 1 is 1.03 bits per heavy atom. The van der Waals surface area contributed by atoms with Crippen molar-refractivity contribution in [1.29, 1.82) is 0 Å². The molecular formula is C26H29Cl2N3O7S. The van der Waals surface area contributed by atoms with Gasteiger partial charge in [-0.25, -0.2) is 18.0 Å². The number of carboxylic acid groups (broad SMARTS) is 1. The maximum absolute atomic E-state index is 13.4. The van der Waals surface area contributed by atoms with E-state index in [1.165, 1.54) is 25.1 Å². The second-order valence-corrected chi connectivity index (χ2v) is 12.6. The Labute approximate surface area is 236 Å². The van der Waals surface area contributed by atoms with Gasteiger partial charge in [0, 0.05) is 36.1 Å². The number of nitrogens with zero attached hydrogens (tertiary/aromatic N) is 2. The van der Waals surface area contributed by atoms with Gasteiger partial charge >= 0.3 is 12.1 Å². The van der Waals surface area contributed by atoms with E-state index in [-0.39, 0.29) is 34.3 Å². The molecule has 2 saturated heterocycles. The van der Waals surface area contributed by atoms with Crippen LogP contribution in [-0.4, -0.2) is 71.9 Å². The number of nitrogens with one attached hydrogen (secondary N) is 1. The molecule has 2 N–H and O–H groups in total. The normalized spacial score (nSPS) is 20.5. The summed E-state index contributed by atoms with van der Waals surface area (Å²) in [6.45, 7) is 2.86. The molecule has 0 spiro atoms. The van der Waals surface area contributed by atoms with Crippen molar-refractivity contribution in [2.45, 2.75) is 55.5 Å². The highest BCUT2D eigenvalue weighted by atomic mass is 35.5. The highest BCUT2D eigenvalue weighted by Gasteiger charge is 2.50. The number of sulfonamides is 1. The van der Waals surface area contributed by atoms with Gasteiger partial charge in [-0.1, -0.05) is 35.3 Å². The molecular weight excluding hydrogens is 569 g/mol. The third-order valence-electron chi connectivity index (χ3n) is 7.02. The van der Waals surface area contributed by atoms with E-state index < -0.39 is 39.6 Å². The molecule has 39 heavy (non-hydrogen) atoms. The zero-order valence-electron chi connectivity index (χ0n) is 21.2. The molecule has 2 atom stereocenters. The maximum Gasteiger partial charge on any atom is 0.415 e. The van der Waals surface area contributed by atoms with Crippen LogP contribution in [0.1, 0.15) is 38.2 Å². The van der Waals surface area contributed by atoms with E-state index in [1.54, 1.807) is 29.2 Å². The molecule has 13 heteroatoms. The number of rotatable bonds is 8. The summed E-state index contributed by atoms with van der Waals surface area (Å²) in [4.78, 5) is 39.1. The second-order valence-electron chi connectivity index (χ2n) is 9.83. The monoisotopic (exact) mass is 597 g/mol. The van der Waals surface area contributed by atoms with Crippen molar-refractivity contribution in [2.24, 2.45) is 0 Å². The van der Waals surface area contributed by atoms with Gasteiger partial charge in [0.05, 0.1) is 4.90 Å². The molecule has 2 fully saturated rings. The van der Waals surface area contributed by atoms with Gasteiger partial charge in [0.25, 0.3) is 0 Å². The summed E-state index contributed by atoms with van der Waals surface area (Å²) < 4.78 is 33.3. The lowest BCUT2D eigenvalue weighted by atomic mass is 9.97. The van der Waals surface area contributed by atoms with Crippen molar-refractivity contribution in [3.63, 3.8) is 0 Å². The summed E-state index contributed by atoms with van der Waals surface area (Å²) in [5, 5.41) is 12.6.